The largest absolute Gasteiger partial charge is 0.360 e. The second-order valence-corrected chi connectivity index (χ2v) is 5.63. The van der Waals surface area contributed by atoms with Crippen LogP contribution in [0.15, 0.2) is 10.6 Å². The van der Waals surface area contributed by atoms with Gasteiger partial charge in [0.1, 0.15) is 0 Å². The third-order valence-electron chi connectivity index (χ3n) is 3.45. The van der Waals surface area contributed by atoms with E-state index in [4.69, 9.17) is 4.52 Å². The number of aromatic nitrogens is 1. The van der Waals surface area contributed by atoms with Crippen molar-refractivity contribution in [3.8, 4) is 0 Å². The van der Waals surface area contributed by atoms with Gasteiger partial charge in [-0.2, -0.15) is 0 Å². The summed E-state index contributed by atoms with van der Waals surface area (Å²) in [5.74, 6) is 1.62. The predicted molar refractivity (Wildman–Crippen MR) is 78.9 cm³/mol. The van der Waals surface area contributed by atoms with E-state index in [0.717, 1.165) is 44.1 Å². The Morgan fingerprint density at radius 2 is 2.05 bits per heavy atom. The molecule has 0 spiro atoms. The van der Waals surface area contributed by atoms with Crippen LogP contribution in [-0.4, -0.2) is 29.2 Å². The Morgan fingerprint density at radius 3 is 2.63 bits per heavy atom. The van der Waals surface area contributed by atoms with E-state index in [1.54, 1.807) is 0 Å². The van der Waals surface area contributed by atoms with Crippen molar-refractivity contribution >= 4 is 0 Å². The zero-order valence-electron chi connectivity index (χ0n) is 13.1. The van der Waals surface area contributed by atoms with E-state index in [0.29, 0.717) is 12.0 Å². The molecule has 110 valence electrons. The third kappa shape index (κ3) is 5.74. The Balaban J connectivity index is 2.45. The van der Waals surface area contributed by atoms with Gasteiger partial charge in [0.05, 0.1) is 12.2 Å². The minimum Gasteiger partial charge on any atom is -0.360 e. The lowest BCUT2D eigenvalue weighted by atomic mass is 10.2. The molecule has 0 amide bonds. The molecule has 0 saturated carbocycles. The summed E-state index contributed by atoms with van der Waals surface area (Å²) in [6.45, 7) is 14.7. The van der Waals surface area contributed by atoms with Crippen molar-refractivity contribution in [2.45, 2.75) is 60.2 Å². The molecule has 1 aromatic heterocycles. The maximum absolute atomic E-state index is 5.42. The maximum atomic E-state index is 5.42. The topological polar surface area (TPSA) is 41.3 Å². The molecule has 1 unspecified atom stereocenters. The van der Waals surface area contributed by atoms with E-state index >= 15 is 0 Å². The van der Waals surface area contributed by atoms with Gasteiger partial charge in [0.15, 0.2) is 5.76 Å². The number of nitrogens with zero attached hydrogens (tertiary/aromatic N) is 2. The molecule has 1 atom stereocenters. The van der Waals surface area contributed by atoms with Gasteiger partial charge in [0, 0.05) is 18.7 Å². The van der Waals surface area contributed by atoms with Crippen LogP contribution >= 0.6 is 0 Å². The average Bonchev–Trinajstić information content (AvgIpc) is 2.82. The van der Waals surface area contributed by atoms with E-state index in [2.05, 4.69) is 56.1 Å². The second kappa shape index (κ2) is 8.33. The molecule has 1 aromatic rings. The van der Waals surface area contributed by atoms with Gasteiger partial charge >= 0.3 is 0 Å². The van der Waals surface area contributed by atoms with Gasteiger partial charge < -0.3 is 9.84 Å². The molecule has 0 fully saturated rings. The summed E-state index contributed by atoms with van der Waals surface area (Å²) in [7, 11) is 0. The van der Waals surface area contributed by atoms with Crippen LogP contribution in [0.5, 0.6) is 0 Å². The van der Waals surface area contributed by atoms with Crippen LogP contribution in [0.1, 0.15) is 52.5 Å². The lowest BCUT2D eigenvalue weighted by Crippen LogP contribution is -2.31. The smallest absolute Gasteiger partial charge is 0.151 e. The van der Waals surface area contributed by atoms with Gasteiger partial charge in [0.2, 0.25) is 0 Å². The van der Waals surface area contributed by atoms with Crippen LogP contribution < -0.4 is 5.32 Å². The van der Waals surface area contributed by atoms with E-state index in [1.165, 1.54) is 0 Å². The summed E-state index contributed by atoms with van der Waals surface area (Å²) >= 11 is 0. The molecule has 19 heavy (non-hydrogen) atoms. The van der Waals surface area contributed by atoms with Gasteiger partial charge in [-0.25, -0.2) is 0 Å². The molecule has 4 nitrogen and oxygen atoms in total. The highest BCUT2D eigenvalue weighted by Crippen LogP contribution is 2.11. The average molecular weight is 267 g/mol. The van der Waals surface area contributed by atoms with Crippen LogP contribution in [0.3, 0.4) is 0 Å². The van der Waals surface area contributed by atoms with Crippen LogP contribution in [0.25, 0.3) is 0 Å². The molecule has 0 aliphatic heterocycles. The first-order valence-corrected chi connectivity index (χ1v) is 7.46. The first kappa shape index (κ1) is 16.2. The fourth-order valence-corrected chi connectivity index (χ4v) is 2.04. The van der Waals surface area contributed by atoms with Crippen molar-refractivity contribution in [1.82, 2.24) is 15.4 Å². The molecule has 4 heteroatoms. The molecule has 0 radical (unpaired) electrons. The summed E-state index contributed by atoms with van der Waals surface area (Å²) in [5, 5.41) is 7.50. The Bertz CT molecular complexity index is 349. The number of rotatable bonds is 9. The summed E-state index contributed by atoms with van der Waals surface area (Å²) in [5.41, 5.74) is 0.996. The lowest BCUT2D eigenvalue weighted by Gasteiger charge is -2.25. The molecular weight excluding hydrogens is 238 g/mol. The molecule has 0 aromatic carbocycles. The van der Waals surface area contributed by atoms with Gasteiger partial charge in [0.25, 0.3) is 0 Å². The summed E-state index contributed by atoms with van der Waals surface area (Å²) in [6.07, 6.45) is 1.16. The van der Waals surface area contributed by atoms with Gasteiger partial charge in [-0.15, -0.1) is 0 Å². The minimum atomic E-state index is 0.581. The Kier molecular flexibility index (Phi) is 7.10. The first-order chi connectivity index (χ1) is 9.06. The standard InChI is InChI=1S/C15H29N3O/c1-6-13(5)18(7-2)11-15-8-14(17-19-15)10-16-9-12(3)4/h8,12-13,16H,6-7,9-11H2,1-5H3. The highest BCUT2D eigenvalue weighted by Gasteiger charge is 2.13. The van der Waals surface area contributed by atoms with Crippen LogP contribution in [0.4, 0.5) is 0 Å². The van der Waals surface area contributed by atoms with Crippen molar-refractivity contribution < 1.29 is 4.52 Å². The van der Waals surface area contributed by atoms with Crippen molar-refractivity contribution in [1.29, 1.82) is 0 Å². The number of hydrogen-bond acceptors (Lipinski definition) is 4. The fourth-order valence-electron chi connectivity index (χ4n) is 2.04. The SMILES string of the molecule is CCC(C)N(CC)Cc1cc(CNCC(C)C)no1. The van der Waals surface area contributed by atoms with E-state index in [-0.39, 0.29) is 0 Å². The highest BCUT2D eigenvalue weighted by molar-refractivity contribution is 5.05. The molecular formula is C15H29N3O. The molecule has 1 heterocycles. The maximum Gasteiger partial charge on any atom is 0.151 e. The molecule has 0 aliphatic rings. The van der Waals surface area contributed by atoms with Crippen LogP contribution in [0.2, 0.25) is 0 Å². The molecule has 1 N–H and O–H groups in total. The van der Waals surface area contributed by atoms with Gasteiger partial charge in [-0.05, 0) is 32.4 Å². The Labute approximate surface area is 117 Å². The van der Waals surface area contributed by atoms with Crippen LogP contribution in [-0.2, 0) is 13.1 Å². The van der Waals surface area contributed by atoms with Crippen LogP contribution in [0, 0.1) is 5.92 Å². The molecule has 0 saturated heterocycles. The molecule has 0 bridgehead atoms. The van der Waals surface area contributed by atoms with Crippen molar-refractivity contribution in [2.24, 2.45) is 5.92 Å². The van der Waals surface area contributed by atoms with Gasteiger partial charge in [-0.3, -0.25) is 4.90 Å². The van der Waals surface area contributed by atoms with Crippen molar-refractivity contribution in [3.63, 3.8) is 0 Å². The van der Waals surface area contributed by atoms with E-state index < -0.39 is 0 Å². The number of nitrogens with one attached hydrogen (secondary N) is 1. The first-order valence-electron chi connectivity index (χ1n) is 7.46. The van der Waals surface area contributed by atoms with Crippen molar-refractivity contribution in [2.75, 3.05) is 13.1 Å². The predicted octanol–water partition coefficient (Wildman–Crippen LogP) is 3.04. The van der Waals surface area contributed by atoms with E-state index in [9.17, 15) is 0 Å². The second-order valence-electron chi connectivity index (χ2n) is 5.63. The highest BCUT2D eigenvalue weighted by atomic mass is 16.5. The van der Waals surface area contributed by atoms with Crippen molar-refractivity contribution in [3.05, 3.63) is 17.5 Å². The van der Waals surface area contributed by atoms with Gasteiger partial charge in [-0.1, -0.05) is 32.9 Å². The fraction of sp³-hybridized carbons (Fsp3) is 0.800. The third-order valence-corrected chi connectivity index (χ3v) is 3.45. The summed E-state index contributed by atoms with van der Waals surface area (Å²) in [6, 6.07) is 2.65. The minimum absolute atomic E-state index is 0.581. The number of hydrogen-bond donors (Lipinski definition) is 1. The Hall–Kier alpha value is -0.870. The summed E-state index contributed by atoms with van der Waals surface area (Å²) in [4.78, 5) is 2.41. The molecule has 0 aliphatic carbocycles. The molecule has 1 rings (SSSR count). The Morgan fingerprint density at radius 1 is 1.32 bits per heavy atom. The monoisotopic (exact) mass is 267 g/mol. The quantitative estimate of drug-likeness (QED) is 0.746. The lowest BCUT2D eigenvalue weighted by molar-refractivity contribution is 0.183. The normalized spacial score (nSPS) is 13.4. The zero-order valence-corrected chi connectivity index (χ0v) is 13.1. The van der Waals surface area contributed by atoms with E-state index in [1.807, 2.05) is 0 Å². The zero-order chi connectivity index (χ0) is 14.3. The summed E-state index contributed by atoms with van der Waals surface area (Å²) < 4.78 is 5.42.